The van der Waals surface area contributed by atoms with Crippen molar-refractivity contribution in [2.45, 2.75) is 13.1 Å². The summed E-state index contributed by atoms with van der Waals surface area (Å²) in [5.74, 6) is -0.291. The van der Waals surface area contributed by atoms with Gasteiger partial charge in [0.25, 0.3) is 5.91 Å². The molecule has 1 atom stereocenters. The molecular formula is C17H17N3O3. The first-order valence-corrected chi connectivity index (χ1v) is 7.38. The molecule has 0 unspecified atom stereocenters. The molecule has 6 nitrogen and oxygen atoms in total. The molecule has 2 aromatic carbocycles. The largest absolute Gasteiger partial charge is 0.449 e. The zero-order valence-corrected chi connectivity index (χ0v) is 12.7. The van der Waals surface area contributed by atoms with E-state index in [1.165, 1.54) is 5.01 Å². The fraction of sp³-hybridized carbons (Fsp3) is 0.176. The predicted octanol–water partition coefficient (Wildman–Crippen LogP) is 2.91. The molecule has 0 fully saturated rings. The molecule has 2 aromatic rings. The SMILES string of the molecule is CCOC(=O)NN1C(=O)c2ccccc2N[C@@H]1c1ccccc1. The Hall–Kier alpha value is -3.02. The van der Waals surface area contributed by atoms with Crippen LogP contribution in [-0.4, -0.2) is 23.6 Å². The highest BCUT2D eigenvalue weighted by Crippen LogP contribution is 2.31. The van der Waals surface area contributed by atoms with Gasteiger partial charge in [-0.1, -0.05) is 42.5 Å². The molecule has 0 aromatic heterocycles. The minimum absolute atomic E-state index is 0.230. The summed E-state index contributed by atoms with van der Waals surface area (Å²) in [6.45, 7) is 1.94. The maximum atomic E-state index is 12.8. The van der Waals surface area contributed by atoms with Crippen LogP contribution in [0.5, 0.6) is 0 Å². The summed E-state index contributed by atoms with van der Waals surface area (Å²) in [6.07, 6.45) is -1.18. The number of hydrogen-bond donors (Lipinski definition) is 2. The molecule has 1 aliphatic heterocycles. The van der Waals surface area contributed by atoms with Crippen LogP contribution in [0.2, 0.25) is 0 Å². The third-order valence-corrected chi connectivity index (χ3v) is 3.53. The second-order valence-electron chi connectivity index (χ2n) is 5.01. The van der Waals surface area contributed by atoms with E-state index < -0.39 is 12.3 Å². The average Bonchev–Trinajstić information content (AvgIpc) is 2.58. The van der Waals surface area contributed by atoms with Crippen molar-refractivity contribution in [1.29, 1.82) is 0 Å². The highest BCUT2D eigenvalue weighted by Gasteiger charge is 2.34. The van der Waals surface area contributed by atoms with Gasteiger partial charge in [0.15, 0.2) is 0 Å². The maximum absolute atomic E-state index is 12.8. The minimum atomic E-state index is -0.664. The van der Waals surface area contributed by atoms with Crippen LogP contribution in [0.1, 0.15) is 29.0 Å². The van der Waals surface area contributed by atoms with E-state index in [0.29, 0.717) is 5.56 Å². The molecule has 0 bridgehead atoms. The number of para-hydroxylation sites is 1. The van der Waals surface area contributed by atoms with Gasteiger partial charge in [0.05, 0.1) is 12.2 Å². The van der Waals surface area contributed by atoms with Crippen molar-refractivity contribution in [2.24, 2.45) is 0 Å². The molecule has 1 aliphatic rings. The maximum Gasteiger partial charge on any atom is 0.426 e. The van der Waals surface area contributed by atoms with Crippen LogP contribution in [0.25, 0.3) is 0 Å². The molecule has 0 saturated carbocycles. The van der Waals surface area contributed by atoms with Gasteiger partial charge in [0, 0.05) is 5.69 Å². The van der Waals surface area contributed by atoms with Crippen LogP contribution in [0.3, 0.4) is 0 Å². The lowest BCUT2D eigenvalue weighted by Gasteiger charge is -2.37. The number of nitrogens with one attached hydrogen (secondary N) is 2. The number of fused-ring (bicyclic) bond motifs is 1. The van der Waals surface area contributed by atoms with Gasteiger partial charge in [-0.15, -0.1) is 0 Å². The molecule has 1 heterocycles. The zero-order valence-electron chi connectivity index (χ0n) is 12.7. The second-order valence-corrected chi connectivity index (χ2v) is 5.01. The van der Waals surface area contributed by atoms with Gasteiger partial charge < -0.3 is 10.1 Å². The molecule has 0 aliphatic carbocycles. The number of amides is 2. The number of hydrogen-bond acceptors (Lipinski definition) is 4. The summed E-state index contributed by atoms with van der Waals surface area (Å²) in [7, 11) is 0. The first-order valence-electron chi connectivity index (χ1n) is 7.38. The predicted molar refractivity (Wildman–Crippen MR) is 85.6 cm³/mol. The Balaban J connectivity index is 1.97. The van der Waals surface area contributed by atoms with Gasteiger partial charge in [-0.05, 0) is 24.6 Å². The molecule has 3 rings (SSSR count). The van der Waals surface area contributed by atoms with E-state index >= 15 is 0 Å². The third kappa shape index (κ3) is 2.96. The molecule has 2 amide bonds. The van der Waals surface area contributed by atoms with Gasteiger partial charge in [-0.25, -0.2) is 15.2 Å². The number of hydrazine groups is 1. The average molecular weight is 311 g/mol. The van der Waals surface area contributed by atoms with Crippen molar-refractivity contribution in [1.82, 2.24) is 10.4 Å². The summed E-state index contributed by atoms with van der Waals surface area (Å²) in [6, 6.07) is 16.6. The first kappa shape index (κ1) is 14.9. The number of rotatable bonds is 3. The molecule has 6 heteroatoms. The van der Waals surface area contributed by atoms with Crippen LogP contribution < -0.4 is 10.7 Å². The molecule has 118 valence electrons. The van der Waals surface area contributed by atoms with E-state index in [0.717, 1.165) is 11.3 Å². The number of ether oxygens (including phenoxy) is 1. The van der Waals surface area contributed by atoms with Crippen LogP contribution in [0, 0.1) is 0 Å². The van der Waals surface area contributed by atoms with Crippen molar-refractivity contribution in [3.63, 3.8) is 0 Å². The Kier molecular flexibility index (Phi) is 4.14. The van der Waals surface area contributed by atoms with E-state index in [9.17, 15) is 9.59 Å². The standard InChI is InChI=1S/C17H17N3O3/c1-2-23-17(22)19-20-15(12-8-4-3-5-9-12)18-14-11-7-6-10-13(14)16(20)21/h3-11,15,18H,2H2,1H3,(H,19,22)/t15-/m0/s1. The number of benzene rings is 2. The zero-order chi connectivity index (χ0) is 16.2. The quantitative estimate of drug-likeness (QED) is 0.914. The summed E-state index contributed by atoms with van der Waals surface area (Å²) in [5.41, 5.74) is 4.60. The van der Waals surface area contributed by atoms with E-state index in [-0.39, 0.29) is 12.5 Å². The Labute approximate surface area is 134 Å². The smallest absolute Gasteiger partial charge is 0.426 e. The van der Waals surface area contributed by atoms with Crippen LogP contribution in [-0.2, 0) is 4.74 Å². The molecule has 0 spiro atoms. The van der Waals surface area contributed by atoms with Crippen molar-refractivity contribution in [3.8, 4) is 0 Å². The summed E-state index contributed by atoms with van der Waals surface area (Å²) in [4.78, 5) is 24.5. The summed E-state index contributed by atoms with van der Waals surface area (Å²) >= 11 is 0. The molecule has 0 radical (unpaired) electrons. The van der Waals surface area contributed by atoms with Gasteiger partial charge >= 0.3 is 6.09 Å². The minimum Gasteiger partial charge on any atom is -0.449 e. The number of anilines is 1. The van der Waals surface area contributed by atoms with Gasteiger partial charge in [-0.3, -0.25) is 4.79 Å². The molecule has 0 saturated heterocycles. The van der Waals surface area contributed by atoms with Crippen molar-refractivity contribution >= 4 is 17.7 Å². The third-order valence-electron chi connectivity index (χ3n) is 3.53. The van der Waals surface area contributed by atoms with Gasteiger partial charge in [0.1, 0.15) is 6.17 Å². The molecule has 2 N–H and O–H groups in total. The Bertz CT molecular complexity index is 718. The topological polar surface area (TPSA) is 70.7 Å². The van der Waals surface area contributed by atoms with Crippen molar-refractivity contribution in [3.05, 3.63) is 65.7 Å². The fourth-order valence-electron chi connectivity index (χ4n) is 2.50. The number of carbonyl (C=O) groups is 2. The lowest BCUT2D eigenvalue weighted by Crippen LogP contribution is -2.53. The molecular weight excluding hydrogens is 294 g/mol. The second kappa shape index (κ2) is 6.39. The highest BCUT2D eigenvalue weighted by atomic mass is 16.6. The number of carbonyl (C=O) groups excluding carboxylic acids is 2. The summed E-state index contributed by atoms with van der Waals surface area (Å²) < 4.78 is 4.89. The number of nitrogens with zero attached hydrogens (tertiary/aromatic N) is 1. The Morgan fingerprint density at radius 1 is 1.17 bits per heavy atom. The van der Waals surface area contributed by atoms with E-state index in [1.54, 1.807) is 19.1 Å². The monoisotopic (exact) mass is 311 g/mol. The van der Waals surface area contributed by atoms with Crippen LogP contribution >= 0.6 is 0 Å². The fourth-order valence-corrected chi connectivity index (χ4v) is 2.50. The van der Waals surface area contributed by atoms with Crippen molar-refractivity contribution < 1.29 is 14.3 Å². The summed E-state index contributed by atoms with van der Waals surface area (Å²) in [5, 5.41) is 4.54. The first-order chi connectivity index (χ1) is 11.2. The van der Waals surface area contributed by atoms with Crippen molar-refractivity contribution in [2.75, 3.05) is 11.9 Å². The van der Waals surface area contributed by atoms with E-state index in [4.69, 9.17) is 4.74 Å². The van der Waals surface area contributed by atoms with Crippen LogP contribution in [0.4, 0.5) is 10.5 Å². The van der Waals surface area contributed by atoms with Gasteiger partial charge in [-0.2, -0.15) is 0 Å². The lowest BCUT2D eigenvalue weighted by atomic mass is 10.1. The lowest BCUT2D eigenvalue weighted by molar-refractivity contribution is 0.0506. The van der Waals surface area contributed by atoms with Crippen LogP contribution in [0.15, 0.2) is 54.6 Å². The highest BCUT2D eigenvalue weighted by molar-refractivity contribution is 6.02. The van der Waals surface area contributed by atoms with E-state index in [1.807, 2.05) is 42.5 Å². The normalized spacial score (nSPS) is 16.3. The Morgan fingerprint density at radius 3 is 2.61 bits per heavy atom. The molecule has 23 heavy (non-hydrogen) atoms. The Morgan fingerprint density at radius 2 is 1.87 bits per heavy atom. The van der Waals surface area contributed by atoms with Gasteiger partial charge in [0.2, 0.25) is 0 Å². The van der Waals surface area contributed by atoms with E-state index in [2.05, 4.69) is 10.7 Å².